The van der Waals surface area contributed by atoms with Gasteiger partial charge < -0.3 is 11.1 Å². The van der Waals surface area contributed by atoms with E-state index in [1.54, 1.807) is 19.2 Å². The molecule has 2 heterocycles. The van der Waals surface area contributed by atoms with E-state index in [1.165, 1.54) is 0 Å². The molecule has 118 valence electrons. The highest BCUT2D eigenvalue weighted by Crippen LogP contribution is 2.27. The minimum atomic E-state index is -0.240. The summed E-state index contributed by atoms with van der Waals surface area (Å²) < 4.78 is 4.67. The van der Waals surface area contributed by atoms with Gasteiger partial charge in [-0.25, -0.2) is 9.61 Å². The summed E-state index contributed by atoms with van der Waals surface area (Å²) in [5.74, 6) is -0.240. The van der Waals surface area contributed by atoms with Crippen molar-refractivity contribution in [2.45, 2.75) is 13.3 Å². The number of halogens is 1. The lowest BCUT2D eigenvalue weighted by molar-refractivity contribution is 0.0963. The molecule has 3 N–H and O–H groups in total. The largest absolute Gasteiger partial charge is 0.396 e. The van der Waals surface area contributed by atoms with E-state index in [0.29, 0.717) is 33.9 Å². The molecule has 1 aromatic carbocycles. The Morgan fingerprint density at radius 2 is 2.17 bits per heavy atom. The highest BCUT2D eigenvalue weighted by atomic mass is 35.5. The fraction of sp³-hybridized carbons (Fsp3) is 0.200. The van der Waals surface area contributed by atoms with Crippen LogP contribution in [0.1, 0.15) is 27.2 Å². The molecule has 0 spiro atoms. The van der Waals surface area contributed by atoms with Crippen LogP contribution < -0.4 is 11.1 Å². The third-order valence-corrected chi connectivity index (χ3v) is 3.97. The molecule has 0 fully saturated rings. The summed E-state index contributed by atoms with van der Waals surface area (Å²) in [6.07, 6.45) is 0.495. The van der Waals surface area contributed by atoms with E-state index < -0.39 is 0 Å². The molecule has 0 aliphatic heterocycles. The lowest BCUT2D eigenvalue weighted by Crippen LogP contribution is -2.18. The number of anilines is 1. The van der Waals surface area contributed by atoms with Gasteiger partial charge in [0.2, 0.25) is 5.65 Å². The van der Waals surface area contributed by atoms with Crippen LogP contribution in [0.2, 0.25) is 5.02 Å². The first-order valence-electron chi connectivity index (χ1n) is 6.89. The van der Waals surface area contributed by atoms with Crippen LogP contribution >= 0.6 is 11.6 Å². The smallest absolute Gasteiger partial charge is 0.252 e. The molecule has 0 saturated carbocycles. The predicted molar refractivity (Wildman–Crippen MR) is 86.4 cm³/mol. The van der Waals surface area contributed by atoms with Crippen LogP contribution in [-0.4, -0.2) is 28.3 Å². The lowest BCUT2D eigenvalue weighted by Gasteiger charge is -2.10. The molecular formula is C15H14ClN5O2. The third-order valence-electron chi connectivity index (χ3n) is 3.65. The van der Waals surface area contributed by atoms with Crippen molar-refractivity contribution in [1.82, 2.24) is 20.6 Å². The number of aryl methyl sites for hydroxylation is 1. The molecule has 23 heavy (non-hydrogen) atoms. The Morgan fingerprint density at radius 1 is 1.39 bits per heavy atom. The monoisotopic (exact) mass is 331 g/mol. The van der Waals surface area contributed by atoms with Gasteiger partial charge in [0, 0.05) is 24.7 Å². The van der Waals surface area contributed by atoms with Gasteiger partial charge in [-0.05, 0) is 34.9 Å². The third kappa shape index (κ3) is 2.70. The standard InChI is InChI=1S/C15H14ClN5O2/c1-7-9(12(17)13-14(19-7)21-23-20-13)5-8-3-4-11(16)10(6-8)15(22)18-2/h3-4,6H,5,17H2,1-2H3,(H,18,22). The van der Waals surface area contributed by atoms with E-state index in [2.05, 4.69) is 25.2 Å². The number of rotatable bonds is 3. The maximum absolute atomic E-state index is 11.8. The van der Waals surface area contributed by atoms with Gasteiger partial charge in [-0.2, -0.15) is 0 Å². The minimum absolute atomic E-state index is 0.240. The molecule has 0 atom stereocenters. The zero-order chi connectivity index (χ0) is 16.6. The van der Waals surface area contributed by atoms with Gasteiger partial charge >= 0.3 is 0 Å². The molecular weight excluding hydrogens is 318 g/mol. The van der Waals surface area contributed by atoms with E-state index in [4.69, 9.17) is 17.3 Å². The van der Waals surface area contributed by atoms with Crippen molar-refractivity contribution >= 4 is 34.4 Å². The molecule has 0 aliphatic rings. The van der Waals surface area contributed by atoms with Crippen molar-refractivity contribution in [1.29, 1.82) is 0 Å². The first-order valence-corrected chi connectivity index (χ1v) is 7.26. The van der Waals surface area contributed by atoms with Crippen LogP contribution in [0.3, 0.4) is 0 Å². The molecule has 3 aromatic rings. The van der Waals surface area contributed by atoms with Crippen molar-refractivity contribution < 1.29 is 9.42 Å². The number of carbonyl (C=O) groups excluding carboxylic acids is 1. The van der Waals surface area contributed by atoms with Crippen LogP contribution in [0.5, 0.6) is 0 Å². The first-order chi connectivity index (χ1) is 11.0. The zero-order valence-electron chi connectivity index (χ0n) is 12.6. The number of fused-ring (bicyclic) bond motifs is 1. The number of nitrogens with zero attached hydrogens (tertiary/aromatic N) is 3. The zero-order valence-corrected chi connectivity index (χ0v) is 13.3. The number of amides is 1. The second-order valence-corrected chi connectivity index (χ2v) is 5.50. The Labute approximate surface area is 136 Å². The number of hydrogen-bond acceptors (Lipinski definition) is 6. The maximum atomic E-state index is 11.8. The van der Waals surface area contributed by atoms with Crippen molar-refractivity contribution in [3.63, 3.8) is 0 Å². The van der Waals surface area contributed by atoms with Crippen molar-refractivity contribution in [3.8, 4) is 0 Å². The highest BCUT2D eigenvalue weighted by Gasteiger charge is 2.16. The molecule has 0 bridgehead atoms. The predicted octanol–water partition coefficient (Wildman–Crippen LogP) is 2.11. The molecule has 8 heteroatoms. The Kier molecular flexibility index (Phi) is 3.87. The normalized spacial score (nSPS) is 10.9. The van der Waals surface area contributed by atoms with Gasteiger partial charge in [-0.15, -0.1) is 0 Å². The summed E-state index contributed by atoms with van der Waals surface area (Å²) in [4.78, 5) is 16.2. The number of nitrogen functional groups attached to an aromatic ring is 1. The molecule has 3 rings (SSSR count). The Bertz CT molecular complexity index is 906. The lowest BCUT2D eigenvalue weighted by atomic mass is 10.00. The number of nitrogens with one attached hydrogen (secondary N) is 1. The second-order valence-electron chi connectivity index (χ2n) is 5.10. The van der Waals surface area contributed by atoms with Gasteiger partial charge in [-0.3, -0.25) is 4.79 Å². The summed E-state index contributed by atoms with van der Waals surface area (Å²) in [5.41, 5.74) is 10.3. The quantitative estimate of drug-likeness (QED) is 0.761. The first kappa shape index (κ1) is 15.2. The van der Waals surface area contributed by atoms with Crippen LogP contribution in [0.4, 0.5) is 5.69 Å². The average Bonchev–Trinajstić information content (AvgIpc) is 3.00. The summed E-state index contributed by atoms with van der Waals surface area (Å²) >= 11 is 6.07. The molecule has 0 aliphatic carbocycles. The van der Waals surface area contributed by atoms with Gasteiger partial charge in [0.1, 0.15) is 0 Å². The Morgan fingerprint density at radius 3 is 2.91 bits per heavy atom. The average molecular weight is 332 g/mol. The summed E-state index contributed by atoms with van der Waals surface area (Å²) in [6, 6.07) is 5.28. The topological polar surface area (TPSA) is 107 Å². The number of nitrogens with two attached hydrogens (primary N) is 1. The fourth-order valence-electron chi connectivity index (χ4n) is 2.41. The van der Waals surface area contributed by atoms with Crippen LogP contribution in [0.15, 0.2) is 22.8 Å². The number of carbonyl (C=O) groups is 1. The minimum Gasteiger partial charge on any atom is -0.396 e. The van der Waals surface area contributed by atoms with Crippen LogP contribution in [-0.2, 0) is 6.42 Å². The van der Waals surface area contributed by atoms with Crippen molar-refractivity contribution in [2.24, 2.45) is 0 Å². The fourth-order valence-corrected chi connectivity index (χ4v) is 2.61. The number of benzene rings is 1. The van der Waals surface area contributed by atoms with E-state index in [-0.39, 0.29) is 5.91 Å². The number of aromatic nitrogens is 3. The Balaban J connectivity index is 2.04. The molecule has 0 saturated heterocycles. The van der Waals surface area contributed by atoms with Crippen LogP contribution in [0.25, 0.3) is 11.2 Å². The summed E-state index contributed by atoms with van der Waals surface area (Å²) in [5, 5.41) is 10.4. The Hall–Kier alpha value is -2.67. The second kappa shape index (κ2) is 5.85. The van der Waals surface area contributed by atoms with E-state index in [0.717, 1.165) is 16.8 Å². The maximum Gasteiger partial charge on any atom is 0.252 e. The van der Waals surface area contributed by atoms with E-state index in [1.807, 2.05) is 13.0 Å². The van der Waals surface area contributed by atoms with Crippen molar-refractivity contribution in [3.05, 3.63) is 45.6 Å². The van der Waals surface area contributed by atoms with Crippen LogP contribution in [0, 0.1) is 6.92 Å². The van der Waals surface area contributed by atoms with Gasteiger partial charge in [-0.1, -0.05) is 17.7 Å². The van der Waals surface area contributed by atoms with Gasteiger partial charge in [0.25, 0.3) is 5.91 Å². The number of hydrogen-bond donors (Lipinski definition) is 2. The molecule has 0 radical (unpaired) electrons. The molecule has 2 aromatic heterocycles. The summed E-state index contributed by atoms with van der Waals surface area (Å²) in [6.45, 7) is 1.84. The molecule has 0 unspecified atom stereocenters. The van der Waals surface area contributed by atoms with E-state index >= 15 is 0 Å². The molecule has 1 amide bonds. The summed E-state index contributed by atoms with van der Waals surface area (Å²) in [7, 11) is 1.56. The highest BCUT2D eigenvalue weighted by molar-refractivity contribution is 6.33. The molecule has 7 nitrogen and oxygen atoms in total. The number of pyridine rings is 1. The van der Waals surface area contributed by atoms with E-state index in [9.17, 15) is 4.79 Å². The van der Waals surface area contributed by atoms with Crippen molar-refractivity contribution in [2.75, 3.05) is 12.8 Å². The van der Waals surface area contributed by atoms with Gasteiger partial charge in [0.05, 0.1) is 16.3 Å². The van der Waals surface area contributed by atoms with Gasteiger partial charge in [0.15, 0.2) is 5.52 Å². The SMILES string of the molecule is CNC(=O)c1cc(Cc2c(C)nc3nonc3c2N)ccc1Cl.